The number of likely N-dealkylation sites (N-methyl/N-ethyl adjacent to an activating group) is 1. The van der Waals surface area contributed by atoms with Crippen LogP contribution >= 0.6 is 0 Å². The normalized spacial score (nSPS) is 17.8. The number of carbonyl (C=O) groups excluding carboxylic acids is 3. The van der Waals surface area contributed by atoms with Gasteiger partial charge in [0.05, 0.1) is 11.2 Å². The van der Waals surface area contributed by atoms with Crippen LogP contribution in [0.2, 0.25) is 0 Å². The fourth-order valence-electron chi connectivity index (χ4n) is 3.64. The lowest BCUT2D eigenvalue weighted by Gasteiger charge is -2.13. The summed E-state index contributed by atoms with van der Waals surface area (Å²) in [4.78, 5) is 37.5. The molecule has 1 fully saturated rings. The van der Waals surface area contributed by atoms with Gasteiger partial charge in [0.1, 0.15) is 0 Å². The summed E-state index contributed by atoms with van der Waals surface area (Å²) < 4.78 is 1.54. The molecule has 1 aromatic heterocycles. The number of likely N-dealkylation sites (tertiary alicyclic amines) is 1. The van der Waals surface area contributed by atoms with Gasteiger partial charge >= 0.3 is 0 Å². The molecule has 4 rings (SSSR count). The molecule has 3 aromatic rings. The van der Waals surface area contributed by atoms with E-state index in [1.807, 2.05) is 0 Å². The Kier molecular flexibility index (Phi) is 5.16. The van der Waals surface area contributed by atoms with Gasteiger partial charge in [-0.05, 0) is 36.4 Å². The third kappa shape index (κ3) is 3.57. The van der Waals surface area contributed by atoms with Crippen molar-refractivity contribution in [2.75, 3.05) is 20.6 Å². The number of nitrogens with two attached hydrogens (primary N) is 1. The summed E-state index contributed by atoms with van der Waals surface area (Å²) in [6.45, 7) is 0.442. The number of rotatable bonds is 3. The molecule has 9 nitrogen and oxygen atoms in total. The smallest absolute Gasteiger partial charge is 0.269 e. The number of benzene rings is 2. The summed E-state index contributed by atoms with van der Waals surface area (Å²) in [7, 11) is 3.14. The van der Waals surface area contributed by atoms with Gasteiger partial charge in [-0.15, -0.1) is 0 Å². The zero-order chi connectivity index (χ0) is 23.0. The average Bonchev–Trinajstić information content (AvgIpc) is 3.30. The summed E-state index contributed by atoms with van der Waals surface area (Å²) in [5.74, 6) is 4.12. The average molecular weight is 431 g/mol. The molecule has 32 heavy (non-hydrogen) atoms. The van der Waals surface area contributed by atoms with Gasteiger partial charge in [0.2, 0.25) is 5.60 Å². The van der Waals surface area contributed by atoms with Crippen LogP contribution in [0.4, 0.5) is 0 Å². The second-order valence-corrected chi connectivity index (χ2v) is 7.57. The first kappa shape index (κ1) is 21.1. The minimum atomic E-state index is -1.70. The number of hydrogen-bond acceptors (Lipinski definition) is 5. The number of aliphatic hydroxyl groups is 1. The van der Waals surface area contributed by atoms with E-state index in [0.29, 0.717) is 34.3 Å². The molecule has 3 amide bonds. The molecule has 0 bridgehead atoms. The molecule has 0 spiro atoms. The molecule has 0 radical (unpaired) electrons. The van der Waals surface area contributed by atoms with Crippen LogP contribution in [0, 0.1) is 11.8 Å². The molecule has 0 aliphatic carbocycles. The number of amides is 3. The quantitative estimate of drug-likeness (QED) is 0.518. The first-order chi connectivity index (χ1) is 15.2. The number of nitrogens with one attached hydrogen (secondary N) is 1. The van der Waals surface area contributed by atoms with Crippen LogP contribution < -0.4 is 11.1 Å². The van der Waals surface area contributed by atoms with Crippen molar-refractivity contribution in [2.24, 2.45) is 5.73 Å². The van der Waals surface area contributed by atoms with E-state index < -0.39 is 17.4 Å². The first-order valence-corrected chi connectivity index (χ1v) is 9.90. The predicted octanol–water partition coefficient (Wildman–Crippen LogP) is 0.429. The van der Waals surface area contributed by atoms with E-state index in [4.69, 9.17) is 5.73 Å². The van der Waals surface area contributed by atoms with Crippen molar-refractivity contribution in [1.82, 2.24) is 20.0 Å². The number of carbonyl (C=O) groups is 3. The van der Waals surface area contributed by atoms with Crippen molar-refractivity contribution in [1.29, 1.82) is 0 Å². The minimum absolute atomic E-state index is 0.0381. The molecule has 162 valence electrons. The maximum atomic E-state index is 12.1. The topological polar surface area (TPSA) is 131 Å². The molecule has 1 aliphatic rings. The Labute approximate surface area is 183 Å². The van der Waals surface area contributed by atoms with E-state index in [-0.39, 0.29) is 18.0 Å². The fourth-order valence-corrected chi connectivity index (χ4v) is 3.64. The molecule has 9 heteroatoms. The van der Waals surface area contributed by atoms with Gasteiger partial charge in [-0.2, -0.15) is 5.10 Å². The molecule has 0 unspecified atom stereocenters. The zero-order valence-electron chi connectivity index (χ0n) is 17.5. The molecular weight excluding hydrogens is 410 g/mol. The number of primary amides is 1. The Hall–Kier alpha value is -4.16. The molecule has 1 saturated heterocycles. The summed E-state index contributed by atoms with van der Waals surface area (Å²) in [5, 5.41) is 17.8. The Morgan fingerprint density at radius 3 is 2.69 bits per heavy atom. The highest BCUT2D eigenvalue weighted by molar-refractivity contribution is 6.07. The van der Waals surface area contributed by atoms with E-state index in [2.05, 4.69) is 22.3 Å². The summed E-state index contributed by atoms with van der Waals surface area (Å²) >= 11 is 0. The SMILES string of the molecule is CNC(=O)c1ccc2c(c1)c(C(N)=O)nn2-c1cccc(C#C[C@]2(O)CCN(C)C2=O)c1. The number of nitrogens with zero attached hydrogens (tertiary/aromatic N) is 3. The van der Waals surface area contributed by atoms with Crippen LogP contribution in [0.3, 0.4) is 0 Å². The molecule has 1 atom stereocenters. The molecule has 2 heterocycles. The lowest BCUT2D eigenvalue weighted by atomic mass is 10.0. The Morgan fingerprint density at radius 2 is 2.03 bits per heavy atom. The monoisotopic (exact) mass is 431 g/mol. The predicted molar refractivity (Wildman–Crippen MR) is 117 cm³/mol. The van der Waals surface area contributed by atoms with Gasteiger partial charge in [0.25, 0.3) is 17.7 Å². The Balaban J connectivity index is 1.78. The van der Waals surface area contributed by atoms with E-state index in [9.17, 15) is 19.5 Å². The van der Waals surface area contributed by atoms with Gasteiger partial charge in [-0.1, -0.05) is 17.9 Å². The largest absolute Gasteiger partial charge is 0.369 e. The van der Waals surface area contributed by atoms with E-state index in [1.165, 1.54) is 16.6 Å². The van der Waals surface area contributed by atoms with Gasteiger partial charge in [0.15, 0.2) is 5.69 Å². The second-order valence-electron chi connectivity index (χ2n) is 7.57. The summed E-state index contributed by atoms with van der Waals surface area (Å²) in [5.41, 5.74) is 5.98. The van der Waals surface area contributed by atoms with Crippen molar-refractivity contribution in [3.8, 4) is 17.5 Å². The molecular formula is C23H21N5O4. The van der Waals surface area contributed by atoms with Crippen molar-refractivity contribution in [2.45, 2.75) is 12.0 Å². The highest BCUT2D eigenvalue weighted by atomic mass is 16.3. The number of hydrogen-bond donors (Lipinski definition) is 3. The molecule has 4 N–H and O–H groups in total. The second kappa shape index (κ2) is 7.83. The van der Waals surface area contributed by atoms with Crippen molar-refractivity contribution in [3.05, 3.63) is 59.3 Å². The lowest BCUT2D eigenvalue weighted by molar-refractivity contribution is -0.137. The van der Waals surface area contributed by atoms with E-state index >= 15 is 0 Å². The molecule has 1 aliphatic heterocycles. The Morgan fingerprint density at radius 1 is 1.25 bits per heavy atom. The highest BCUT2D eigenvalue weighted by Gasteiger charge is 2.42. The molecule has 0 saturated carbocycles. The standard InChI is InChI=1S/C23H21N5O4/c1-25-21(30)15-6-7-18-17(13-15)19(20(24)29)26-28(18)16-5-3-4-14(12-16)8-9-23(32)10-11-27(2)22(23)31/h3-7,12-13,32H,10-11H2,1-2H3,(H2,24,29)(H,25,30)/t23-/m0/s1. The lowest BCUT2D eigenvalue weighted by Crippen LogP contribution is -2.37. The number of aromatic nitrogens is 2. The van der Waals surface area contributed by atoms with Crippen LogP contribution in [0.25, 0.3) is 16.6 Å². The van der Waals surface area contributed by atoms with Gasteiger partial charge < -0.3 is 21.1 Å². The van der Waals surface area contributed by atoms with Crippen molar-refractivity contribution in [3.63, 3.8) is 0 Å². The molecule has 2 aromatic carbocycles. The van der Waals surface area contributed by atoms with Crippen LogP contribution in [-0.4, -0.2) is 63.7 Å². The van der Waals surface area contributed by atoms with E-state index in [0.717, 1.165) is 0 Å². The van der Waals surface area contributed by atoms with Gasteiger partial charge in [-0.25, -0.2) is 4.68 Å². The minimum Gasteiger partial charge on any atom is -0.369 e. The van der Waals surface area contributed by atoms with Gasteiger partial charge in [0, 0.05) is 43.6 Å². The zero-order valence-corrected chi connectivity index (χ0v) is 17.5. The van der Waals surface area contributed by atoms with Crippen LogP contribution in [0.1, 0.15) is 32.8 Å². The van der Waals surface area contributed by atoms with Crippen molar-refractivity contribution >= 4 is 28.6 Å². The summed E-state index contributed by atoms with van der Waals surface area (Å²) in [6.07, 6.45) is 0.245. The maximum absolute atomic E-state index is 12.1. The summed E-state index contributed by atoms with van der Waals surface area (Å²) in [6, 6.07) is 11.9. The third-order valence-corrected chi connectivity index (χ3v) is 5.42. The third-order valence-electron chi connectivity index (χ3n) is 5.42. The van der Waals surface area contributed by atoms with Crippen molar-refractivity contribution < 1.29 is 19.5 Å². The van der Waals surface area contributed by atoms with Crippen LogP contribution in [0.15, 0.2) is 42.5 Å². The fraction of sp³-hybridized carbons (Fsp3) is 0.217. The van der Waals surface area contributed by atoms with Crippen LogP contribution in [-0.2, 0) is 4.79 Å². The highest BCUT2D eigenvalue weighted by Crippen LogP contribution is 2.25. The maximum Gasteiger partial charge on any atom is 0.269 e. The Bertz CT molecular complexity index is 1330. The van der Waals surface area contributed by atoms with Gasteiger partial charge in [-0.3, -0.25) is 14.4 Å². The van der Waals surface area contributed by atoms with Crippen LogP contribution in [0.5, 0.6) is 0 Å². The van der Waals surface area contributed by atoms with E-state index in [1.54, 1.807) is 49.5 Å². The number of fused-ring (bicyclic) bond motifs is 1. The first-order valence-electron chi connectivity index (χ1n) is 9.90.